The van der Waals surface area contributed by atoms with Crippen LogP contribution in [0, 0.1) is 19.7 Å². The highest BCUT2D eigenvalue weighted by Crippen LogP contribution is 2.26. The molecule has 0 fully saturated rings. The van der Waals surface area contributed by atoms with Crippen LogP contribution in [0.5, 0.6) is 0 Å². The van der Waals surface area contributed by atoms with Gasteiger partial charge in [0.15, 0.2) is 0 Å². The Hall–Kier alpha value is -1.38. The predicted octanol–water partition coefficient (Wildman–Crippen LogP) is 4.37. The third-order valence-corrected chi connectivity index (χ3v) is 3.63. The number of benzene rings is 2. The molecule has 100 valence electrons. The van der Waals surface area contributed by atoms with E-state index in [-0.39, 0.29) is 10.6 Å². The molecule has 2 aromatic rings. The van der Waals surface area contributed by atoms with E-state index in [2.05, 4.69) is 0 Å². The fraction of sp³-hybridized carbons (Fsp3) is 0.250. The lowest BCUT2D eigenvalue weighted by atomic mass is 9.98. The first-order valence-electron chi connectivity index (χ1n) is 6.17. The smallest absolute Gasteiger partial charge is 0.147 e. The van der Waals surface area contributed by atoms with Gasteiger partial charge in [0.2, 0.25) is 0 Å². The van der Waals surface area contributed by atoms with E-state index >= 15 is 0 Å². The van der Waals surface area contributed by atoms with E-state index in [1.807, 2.05) is 32.0 Å². The van der Waals surface area contributed by atoms with Gasteiger partial charge in [0.05, 0.1) is 11.1 Å². The summed E-state index contributed by atoms with van der Waals surface area (Å²) in [5.74, 6) is -0.541. The molecule has 3 heteroatoms. The Morgan fingerprint density at radius 1 is 1.16 bits per heavy atom. The summed E-state index contributed by atoms with van der Waals surface area (Å²) in [5.41, 5.74) is 3.59. The molecule has 0 aliphatic heterocycles. The summed E-state index contributed by atoms with van der Waals surface area (Å²) < 4.78 is 13.8. The molecule has 1 atom stereocenters. The highest BCUT2D eigenvalue weighted by molar-refractivity contribution is 6.30. The Morgan fingerprint density at radius 3 is 2.58 bits per heavy atom. The molecule has 2 rings (SSSR count). The molecule has 1 unspecified atom stereocenters. The van der Waals surface area contributed by atoms with Gasteiger partial charge in [-0.15, -0.1) is 0 Å². The largest absolute Gasteiger partial charge is 0.388 e. The van der Waals surface area contributed by atoms with Crippen LogP contribution < -0.4 is 0 Å². The zero-order chi connectivity index (χ0) is 14.0. The lowest BCUT2D eigenvalue weighted by Gasteiger charge is -2.13. The fourth-order valence-electron chi connectivity index (χ4n) is 2.04. The van der Waals surface area contributed by atoms with Crippen LogP contribution >= 0.6 is 11.6 Å². The first-order valence-corrected chi connectivity index (χ1v) is 6.55. The van der Waals surface area contributed by atoms with Gasteiger partial charge in [-0.25, -0.2) is 4.39 Å². The van der Waals surface area contributed by atoms with Crippen molar-refractivity contribution in [2.45, 2.75) is 26.4 Å². The van der Waals surface area contributed by atoms with Crippen molar-refractivity contribution in [1.29, 1.82) is 0 Å². The van der Waals surface area contributed by atoms with Crippen molar-refractivity contribution in [1.82, 2.24) is 0 Å². The molecule has 0 aliphatic carbocycles. The molecular weight excluding hydrogens is 263 g/mol. The Bertz CT molecular complexity index is 595. The maximum absolute atomic E-state index is 13.8. The predicted molar refractivity (Wildman–Crippen MR) is 76.0 cm³/mol. The van der Waals surface area contributed by atoms with Gasteiger partial charge in [-0.05, 0) is 36.6 Å². The second-order valence-electron chi connectivity index (χ2n) is 4.78. The highest BCUT2D eigenvalue weighted by atomic mass is 35.5. The van der Waals surface area contributed by atoms with Gasteiger partial charge in [0, 0.05) is 12.0 Å². The van der Waals surface area contributed by atoms with Gasteiger partial charge in [-0.1, -0.05) is 41.9 Å². The minimum atomic E-state index is -0.888. The zero-order valence-corrected chi connectivity index (χ0v) is 11.7. The second-order valence-corrected chi connectivity index (χ2v) is 5.19. The average Bonchev–Trinajstić information content (AvgIpc) is 2.37. The molecule has 0 radical (unpaired) electrons. The van der Waals surface area contributed by atoms with Gasteiger partial charge in [0.25, 0.3) is 0 Å². The Morgan fingerprint density at radius 2 is 1.89 bits per heavy atom. The molecule has 2 aromatic carbocycles. The minimum Gasteiger partial charge on any atom is -0.388 e. The van der Waals surface area contributed by atoms with Crippen molar-refractivity contribution in [2.75, 3.05) is 0 Å². The summed E-state index contributed by atoms with van der Waals surface area (Å²) in [6.07, 6.45) is -0.515. The number of halogens is 2. The SMILES string of the molecule is Cc1ccc(CC(O)c2cccc(Cl)c2F)cc1C. The summed E-state index contributed by atoms with van der Waals surface area (Å²) in [4.78, 5) is 0. The Balaban J connectivity index is 2.23. The van der Waals surface area contributed by atoms with Crippen molar-refractivity contribution >= 4 is 11.6 Å². The first kappa shape index (κ1) is 14.0. The second kappa shape index (κ2) is 5.72. The molecule has 0 amide bonds. The Kier molecular flexibility index (Phi) is 4.23. The first-order chi connectivity index (χ1) is 8.99. The summed E-state index contributed by atoms with van der Waals surface area (Å²) >= 11 is 5.72. The van der Waals surface area contributed by atoms with E-state index in [1.54, 1.807) is 12.1 Å². The number of aliphatic hydroxyl groups is 1. The maximum Gasteiger partial charge on any atom is 0.147 e. The number of aryl methyl sites for hydroxylation is 2. The standard InChI is InChI=1S/C16H16ClFO/c1-10-6-7-12(8-11(10)2)9-15(19)13-4-3-5-14(17)16(13)18/h3-8,15,19H,9H2,1-2H3. The number of aliphatic hydroxyl groups excluding tert-OH is 1. The van der Waals surface area contributed by atoms with Crippen LogP contribution in [-0.4, -0.2) is 5.11 Å². The van der Waals surface area contributed by atoms with Crippen LogP contribution in [-0.2, 0) is 6.42 Å². The molecule has 0 heterocycles. The molecule has 0 spiro atoms. The summed E-state index contributed by atoms with van der Waals surface area (Å²) in [5, 5.41) is 10.2. The van der Waals surface area contributed by atoms with Gasteiger partial charge in [-0.2, -0.15) is 0 Å². The minimum absolute atomic E-state index is 0.0386. The van der Waals surface area contributed by atoms with E-state index in [1.165, 1.54) is 11.6 Å². The van der Waals surface area contributed by atoms with Gasteiger partial charge < -0.3 is 5.11 Å². The molecule has 0 aromatic heterocycles. The van der Waals surface area contributed by atoms with Gasteiger partial charge >= 0.3 is 0 Å². The molecule has 0 saturated carbocycles. The number of hydrogen-bond acceptors (Lipinski definition) is 1. The molecular formula is C16H16ClFO. The topological polar surface area (TPSA) is 20.2 Å². The lowest BCUT2D eigenvalue weighted by Crippen LogP contribution is -2.05. The summed E-state index contributed by atoms with van der Waals surface area (Å²) in [6.45, 7) is 4.05. The van der Waals surface area contributed by atoms with Crippen LogP contribution in [0.1, 0.15) is 28.4 Å². The average molecular weight is 279 g/mol. The molecule has 0 saturated heterocycles. The number of rotatable bonds is 3. The van der Waals surface area contributed by atoms with Crippen LogP contribution in [0.15, 0.2) is 36.4 Å². The summed E-state index contributed by atoms with van der Waals surface area (Å²) in [6, 6.07) is 10.7. The monoisotopic (exact) mass is 278 g/mol. The van der Waals surface area contributed by atoms with E-state index < -0.39 is 11.9 Å². The fourth-order valence-corrected chi connectivity index (χ4v) is 2.22. The molecule has 19 heavy (non-hydrogen) atoms. The van der Waals surface area contributed by atoms with Crippen LogP contribution in [0.3, 0.4) is 0 Å². The maximum atomic E-state index is 13.8. The normalized spacial score (nSPS) is 12.5. The van der Waals surface area contributed by atoms with Crippen molar-refractivity contribution < 1.29 is 9.50 Å². The van der Waals surface area contributed by atoms with E-state index in [0.717, 1.165) is 11.1 Å². The van der Waals surface area contributed by atoms with E-state index in [4.69, 9.17) is 11.6 Å². The van der Waals surface area contributed by atoms with Crippen molar-refractivity contribution in [3.8, 4) is 0 Å². The third kappa shape index (κ3) is 3.14. The van der Waals surface area contributed by atoms with Crippen molar-refractivity contribution in [3.63, 3.8) is 0 Å². The Labute approximate surface area is 117 Å². The van der Waals surface area contributed by atoms with Crippen molar-refractivity contribution in [3.05, 3.63) is 69.5 Å². The summed E-state index contributed by atoms with van der Waals surface area (Å²) in [7, 11) is 0. The molecule has 0 aliphatic rings. The van der Waals surface area contributed by atoms with Crippen LogP contribution in [0.2, 0.25) is 5.02 Å². The van der Waals surface area contributed by atoms with Crippen LogP contribution in [0.4, 0.5) is 4.39 Å². The quantitative estimate of drug-likeness (QED) is 0.884. The highest BCUT2D eigenvalue weighted by Gasteiger charge is 2.15. The van der Waals surface area contributed by atoms with Gasteiger partial charge in [-0.3, -0.25) is 0 Å². The lowest BCUT2D eigenvalue weighted by molar-refractivity contribution is 0.173. The zero-order valence-electron chi connectivity index (χ0n) is 11.0. The third-order valence-electron chi connectivity index (χ3n) is 3.34. The number of hydrogen-bond donors (Lipinski definition) is 1. The van der Waals surface area contributed by atoms with E-state index in [9.17, 15) is 9.50 Å². The molecule has 1 nitrogen and oxygen atoms in total. The molecule has 0 bridgehead atoms. The van der Waals surface area contributed by atoms with Crippen molar-refractivity contribution in [2.24, 2.45) is 0 Å². The molecule has 1 N–H and O–H groups in total. The van der Waals surface area contributed by atoms with Gasteiger partial charge in [0.1, 0.15) is 5.82 Å². The van der Waals surface area contributed by atoms with Crippen LogP contribution in [0.25, 0.3) is 0 Å². The van der Waals surface area contributed by atoms with E-state index in [0.29, 0.717) is 6.42 Å².